The van der Waals surface area contributed by atoms with Gasteiger partial charge in [0.25, 0.3) is 0 Å². The maximum absolute atomic E-state index is 13.1. The van der Waals surface area contributed by atoms with Gasteiger partial charge in [-0.05, 0) is 44.5 Å². The lowest BCUT2D eigenvalue weighted by molar-refractivity contribution is 0.102. The van der Waals surface area contributed by atoms with Crippen LogP contribution in [0.3, 0.4) is 0 Å². The van der Waals surface area contributed by atoms with Crippen molar-refractivity contribution in [1.29, 1.82) is 0 Å². The summed E-state index contributed by atoms with van der Waals surface area (Å²) in [6.07, 6.45) is 0. The van der Waals surface area contributed by atoms with Gasteiger partial charge in [0.15, 0.2) is 10.9 Å². The lowest BCUT2D eigenvalue weighted by Crippen LogP contribution is -2.08. The molecule has 27 heavy (non-hydrogen) atoms. The fraction of sp³-hybridized carbons (Fsp3) is 0.250. The summed E-state index contributed by atoms with van der Waals surface area (Å²) in [4.78, 5) is 21.1. The number of halogens is 1. The number of aromatic nitrogens is 3. The van der Waals surface area contributed by atoms with Crippen LogP contribution >= 0.6 is 11.8 Å². The Bertz CT molecular complexity index is 962. The van der Waals surface area contributed by atoms with Crippen molar-refractivity contribution in [3.63, 3.8) is 0 Å². The van der Waals surface area contributed by atoms with Crippen LogP contribution in [0.4, 0.5) is 10.2 Å². The molecule has 0 fully saturated rings. The molecule has 3 rings (SSSR count). The average Bonchev–Trinajstić information content (AvgIpc) is 2.89. The maximum atomic E-state index is 13.1. The molecule has 2 N–H and O–H groups in total. The number of benzene rings is 1. The van der Waals surface area contributed by atoms with Gasteiger partial charge in [-0.25, -0.2) is 14.4 Å². The number of nitrogen functional groups attached to an aromatic ring is 1. The SMILES string of the molecule is Cc1cc(N)nc(SCC(=O)c2cc(C)n(Cc3ccc(F)cc3)c2C)n1. The molecule has 0 saturated carbocycles. The van der Waals surface area contributed by atoms with Crippen LogP contribution in [0.25, 0.3) is 0 Å². The number of ketones is 1. The Kier molecular flexibility index (Phi) is 5.60. The summed E-state index contributed by atoms with van der Waals surface area (Å²) in [5, 5.41) is 0.501. The normalized spacial score (nSPS) is 11.0. The first-order chi connectivity index (χ1) is 12.8. The number of carbonyl (C=O) groups excluding carboxylic acids is 1. The van der Waals surface area contributed by atoms with Gasteiger partial charge in [-0.2, -0.15) is 0 Å². The molecule has 5 nitrogen and oxygen atoms in total. The highest BCUT2D eigenvalue weighted by atomic mass is 32.2. The Labute approximate surface area is 161 Å². The molecular weight excluding hydrogens is 363 g/mol. The first-order valence-electron chi connectivity index (χ1n) is 8.52. The zero-order valence-corrected chi connectivity index (χ0v) is 16.3. The topological polar surface area (TPSA) is 73.8 Å². The van der Waals surface area contributed by atoms with Gasteiger partial charge in [0.2, 0.25) is 0 Å². The molecule has 1 aromatic carbocycles. The van der Waals surface area contributed by atoms with Crippen LogP contribution in [0.5, 0.6) is 0 Å². The van der Waals surface area contributed by atoms with E-state index in [-0.39, 0.29) is 17.4 Å². The van der Waals surface area contributed by atoms with E-state index < -0.39 is 0 Å². The largest absolute Gasteiger partial charge is 0.384 e. The highest BCUT2D eigenvalue weighted by molar-refractivity contribution is 7.99. The van der Waals surface area contributed by atoms with Crippen molar-refractivity contribution in [3.8, 4) is 0 Å². The van der Waals surface area contributed by atoms with E-state index in [0.717, 1.165) is 22.6 Å². The fourth-order valence-corrected chi connectivity index (χ4v) is 3.73. The van der Waals surface area contributed by atoms with Crippen molar-refractivity contribution in [3.05, 3.63) is 70.4 Å². The van der Waals surface area contributed by atoms with Crippen LogP contribution in [0, 0.1) is 26.6 Å². The van der Waals surface area contributed by atoms with E-state index in [2.05, 4.69) is 14.5 Å². The number of hydrogen-bond donors (Lipinski definition) is 1. The molecule has 0 spiro atoms. The molecular formula is C20H21FN4OS. The summed E-state index contributed by atoms with van der Waals surface area (Å²) in [6.45, 7) is 6.32. The molecule has 0 saturated heterocycles. The van der Waals surface area contributed by atoms with Gasteiger partial charge >= 0.3 is 0 Å². The van der Waals surface area contributed by atoms with E-state index in [9.17, 15) is 9.18 Å². The number of hydrogen-bond acceptors (Lipinski definition) is 5. The second-order valence-electron chi connectivity index (χ2n) is 6.43. The molecule has 0 radical (unpaired) electrons. The molecule has 7 heteroatoms. The highest BCUT2D eigenvalue weighted by Gasteiger charge is 2.17. The standard InChI is InChI=1S/C20H21FN4OS/c1-12-8-19(22)24-20(23-12)27-11-18(26)17-9-13(2)25(14(17)3)10-15-4-6-16(21)7-5-15/h4-9H,10-11H2,1-3H3,(H2,22,23,24). The maximum Gasteiger partial charge on any atom is 0.190 e. The molecule has 0 atom stereocenters. The zero-order chi connectivity index (χ0) is 19.6. The quantitative estimate of drug-likeness (QED) is 0.396. The minimum Gasteiger partial charge on any atom is -0.384 e. The summed E-state index contributed by atoms with van der Waals surface area (Å²) in [7, 11) is 0. The van der Waals surface area contributed by atoms with E-state index in [0.29, 0.717) is 23.1 Å². The first kappa shape index (κ1) is 19.1. The van der Waals surface area contributed by atoms with Gasteiger partial charge in [-0.3, -0.25) is 4.79 Å². The summed E-state index contributed by atoms with van der Waals surface area (Å²) in [5.41, 5.74) is 10.1. The molecule has 0 aliphatic heterocycles. The van der Waals surface area contributed by atoms with Crippen LogP contribution in [-0.2, 0) is 6.54 Å². The third kappa shape index (κ3) is 4.54. The first-order valence-corrected chi connectivity index (χ1v) is 9.50. The Morgan fingerprint density at radius 3 is 2.52 bits per heavy atom. The third-order valence-electron chi connectivity index (χ3n) is 4.31. The van der Waals surface area contributed by atoms with Crippen LogP contribution < -0.4 is 5.73 Å². The van der Waals surface area contributed by atoms with Crippen molar-refractivity contribution in [2.24, 2.45) is 0 Å². The summed E-state index contributed by atoms with van der Waals surface area (Å²) in [5.74, 6) is 0.396. The number of nitrogens with two attached hydrogens (primary N) is 1. The Hall–Kier alpha value is -2.67. The lowest BCUT2D eigenvalue weighted by Gasteiger charge is -2.10. The van der Waals surface area contributed by atoms with Crippen molar-refractivity contribution in [2.45, 2.75) is 32.5 Å². The molecule has 0 aliphatic carbocycles. The number of Topliss-reactive ketones (excluding diaryl/α,β-unsaturated/α-hetero) is 1. The number of thioether (sulfide) groups is 1. The molecule has 0 bridgehead atoms. The van der Waals surface area contributed by atoms with E-state index in [1.807, 2.05) is 26.8 Å². The summed E-state index contributed by atoms with van der Waals surface area (Å²) in [6, 6.07) is 9.98. The van der Waals surface area contributed by atoms with Gasteiger partial charge < -0.3 is 10.3 Å². The molecule has 0 unspecified atom stereocenters. The van der Waals surface area contributed by atoms with Crippen LogP contribution in [-0.4, -0.2) is 26.1 Å². The van der Waals surface area contributed by atoms with Crippen LogP contribution in [0.1, 0.15) is 33.0 Å². The third-order valence-corrected chi connectivity index (χ3v) is 5.16. The van der Waals surface area contributed by atoms with Gasteiger partial charge in [-0.1, -0.05) is 23.9 Å². The van der Waals surface area contributed by atoms with E-state index >= 15 is 0 Å². The van der Waals surface area contributed by atoms with Gasteiger partial charge in [0.1, 0.15) is 11.6 Å². The summed E-state index contributed by atoms with van der Waals surface area (Å²) < 4.78 is 15.2. The lowest BCUT2D eigenvalue weighted by atomic mass is 10.2. The fourth-order valence-electron chi connectivity index (χ4n) is 2.94. The minimum atomic E-state index is -0.258. The summed E-state index contributed by atoms with van der Waals surface area (Å²) >= 11 is 1.28. The Morgan fingerprint density at radius 2 is 1.85 bits per heavy atom. The predicted molar refractivity (Wildman–Crippen MR) is 106 cm³/mol. The number of nitrogens with zero attached hydrogens (tertiary/aromatic N) is 3. The molecule has 0 aliphatic rings. The van der Waals surface area contributed by atoms with Gasteiger partial charge in [-0.15, -0.1) is 0 Å². The number of carbonyl (C=O) groups is 1. The smallest absolute Gasteiger partial charge is 0.190 e. The minimum absolute atomic E-state index is 0.0159. The Morgan fingerprint density at radius 1 is 1.15 bits per heavy atom. The predicted octanol–water partition coefficient (Wildman–Crippen LogP) is 3.95. The van der Waals surface area contributed by atoms with Crippen molar-refractivity contribution in [2.75, 3.05) is 11.5 Å². The Balaban J connectivity index is 1.74. The van der Waals surface area contributed by atoms with E-state index in [4.69, 9.17) is 5.73 Å². The molecule has 0 amide bonds. The van der Waals surface area contributed by atoms with Crippen molar-refractivity contribution >= 4 is 23.4 Å². The molecule has 140 valence electrons. The second-order valence-corrected chi connectivity index (χ2v) is 7.37. The van der Waals surface area contributed by atoms with Crippen LogP contribution in [0.2, 0.25) is 0 Å². The zero-order valence-electron chi connectivity index (χ0n) is 15.5. The van der Waals surface area contributed by atoms with Crippen molar-refractivity contribution in [1.82, 2.24) is 14.5 Å². The van der Waals surface area contributed by atoms with Crippen molar-refractivity contribution < 1.29 is 9.18 Å². The average molecular weight is 384 g/mol. The van der Waals surface area contributed by atoms with E-state index in [1.54, 1.807) is 18.2 Å². The van der Waals surface area contributed by atoms with Gasteiger partial charge in [0.05, 0.1) is 5.75 Å². The van der Waals surface area contributed by atoms with E-state index in [1.165, 1.54) is 23.9 Å². The van der Waals surface area contributed by atoms with Gasteiger partial charge in [0, 0.05) is 35.3 Å². The highest BCUT2D eigenvalue weighted by Crippen LogP contribution is 2.22. The number of anilines is 1. The number of aryl methyl sites for hydroxylation is 2. The second kappa shape index (κ2) is 7.92. The molecule has 2 aromatic heterocycles. The van der Waals surface area contributed by atoms with Crippen LogP contribution in [0.15, 0.2) is 41.6 Å². The molecule has 2 heterocycles. The number of rotatable bonds is 6. The monoisotopic (exact) mass is 384 g/mol. The molecule has 3 aromatic rings.